The van der Waals surface area contributed by atoms with Crippen LogP contribution in [0.5, 0.6) is 0 Å². The Balaban J connectivity index is 1.45. The molecule has 0 unspecified atom stereocenters. The monoisotopic (exact) mass is 423 g/mol. The van der Waals surface area contributed by atoms with Gasteiger partial charge in [-0.3, -0.25) is 4.79 Å². The minimum Gasteiger partial charge on any atom is -0.370 e. The van der Waals surface area contributed by atoms with Crippen molar-refractivity contribution in [3.05, 3.63) is 64.1 Å². The first kappa shape index (κ1) is 18.1. The molecule has 5 heteroatoms. The van der Waals surface area contributed by atoms with Crippen LogP contribution in [0.3, 0.4) is 0 Å². The van der Waals surface area contributed by atoms with Gasteiger partial charge in [0.05, 0.1) is 17.0 Å². The molecule has 0 radical (unpaired) electrons. The van der Waals surface area contributed by atoms with Crippen molar-refractivity contribution in [2.45, 2.75) is 24.7 Å². The number of nitriles is 1. The first-order valence-electron chi connectivity index (χ1n) is 9.43. The molecule has 0 atom stereocenters. The van der Waals surface area contributed by atoms with Gasteiger partial charge in [0.2, 0.25) is 5.91 Å². The van der Waals surface area contributed by atoms with Crippen molar-refractivity contribution in [2.24, 2.45) is 0 Å². The van der Waals surface area contributed by atoms with E-state index in [0.717, 1.165) is 61.2 Å². The first-order chi connectivity index (χ1) is 13.1. The number of benzene rings is 2. The highest BCUT2D eigenvalue weighted by molar-refractivity contribution is 9.10. The minimum atomic E-state index is -0.301. The van der Waals surface area contributed by atoms with E-state index in [1.165, 1.54) is 0 Å². The van der Waals surface area contributed by atoms with E-state index in [4.69, 9.17) is 5.26 Å². The maximum absolute atomic E-state index is 13.3. The lowest BCUT2D eigenvalue weighted by molar-refractivity contribution is -0.133. The van der Waals surface area contributed by atoms with Gasteiger partial charge in [0, 0.05) is 36.3 Å². The molecule has 2 aromatic carbocycles. The molecule has 138 valence electrons. The summed E-state index contributed by atoms with van der Waals surface area (Å²) in [5.74, 6) is 0.284. The fourth-order valence-corrected chi connectivity index (χ4v) is 4.21. The second-order valence-electron chi connectivity index (χ2n) is 7.38. The van der Waals surface area contributed by atoms with Crippen LogP contribution in [0, 0.1) is 11.3 Å². The SMILES string of the molecule is N#Cc1ccc(N2CCCN(C(=O)C3(c4ccc(Br)cc4)CC3)CC2)cc1. The fourth-order valence-electron chi connectivity index (χ4n) is 3.95. The summed E-state index contributed by atoms with van der Waals surface area (Å²) in [4.78, 5) is 17.7. The van der Waals surface area contributed by atoms with E-state index in [2.05, 4.69) is 43.9 Å². The molecule has 0 aromatic heterocycles. The molecule has 0 bridgehead atoms. The van der Waals surface area contributed by atoms with Gasteiger partial charge in [-0.15, -0.1) is 0 Å². The summed E-state index contributed by atoms with van der Waals surface area (Å²) in [5, 5.41) is 8.96. The van der Waals surface area contributed by atoms with Gasteiger partial charge in [0.15, 0.2) is 0 Å². The molecule has 2 aromatic rings. The summed E-state index contributed by atoms with van der Waals surface area (Å²) in [6, 6.07) is 18.1. The van der Waals surface area contributed by atoms with Gasteiger partial charge in [-0.05, 0) is 61.2 Å². The van der Waals surface area contributed by atoms with E-state index in [0.29, 0.717) is 5.56 Å². The topological polar surface area (TPSA) is 47.3 Å². The standard InChI is InChI=1S/C22H22BrN3O/c23-19-6-4-18(5-7-19)22(10-11-22)21(27)26-13-1-12-25(14-15-26)20-8-2-17(16-24)3-9-20/h2-9H,1,10-15H2. The van der Waals surface area contributed by atoms with Gasteiger partial charge in [-0.1, -0.05) is 28.1 Å². The van der Waals surface area contributed by atoms with Gasteiger partial charge in [-0.2, -0.15) is 5.26 Å². The van der Waals surface area contributed by atoms with Crippen LogP contribution in [0.15, 0.2) is 53.0 Å². The molecular formula is C22H22BrN3O. The normalized spacial score (nSPS) is 18.5. The number of hydrogen-bond acceptors (Lipinski definition) is 3. The molecule has 2 aliphatic rings. The van der Waals surface area contributed by atoms with E-state index in [1.54, 1.807) is 0 Å². The number of nitrogens with zero attached hydrogens (tertiary/aromatic N) is 3. The molecule has 1 saturated heterocycles. The molecule has 2 fully saturated rings. The Hall–Kier alpha value is -2.32. The Morgan fingerprint density at radius 2 is 1.67 bits per heavy atom. The van der Waals surface area contributed by atoms with Crippen molar-refractivity contribution in [3.63, 3.8) is 0 Å². The molecule has 1 aliphatic carbocycles. The number of halogens is 1. The van der Waals surface area contributed by atoms with Gasteiger partial charge in [-0.25, -0.2) is 0 Å². The Labute approximate surface area is 168 Å². The quantitative estimate of drug-likeness (QED) is 0.746. The fraction of sp³-hybridized carbons (Fsp3) is 0.364. The summed E-state index contributed by atoms with van der Waals surface area (Å²) in [6.45, 7) is 3.32. The van der Waals surface area contributed by atoms with Crippen LogP contribution in [0.4, 0.5) is 5.69 Å². The number of carbonyl (C=O) groups excluding carboxylic acids is 1. The molecule has 1 amide bonds. The third kappa shape index (κ3) is 3.59. The van der Waals surface area contributed by atoms with E-state index < -0.39 is 0 Å². The molecule has 1 saturated carbocycles. The average Bonchev–Trinajstić information content (AvgIpc) is 3.53. The van der Waals surface area contributed by atoms with Gasteiger partial charge in [0.25, 0.3) is 0 Å². The van der Waals surface area contributed by atoms with Crippen LogP contribution < -0.4 is 4.90 Å². The van der Waals surface area contributed by atoms with Gasteiger partial charge in [0.1, 0.15) is 0 Å². The molecule has 0 N–H and O–H groups in total. The molecule has 4 nitrogen and oxygen atoms in total. The molecular weight excluding hydrogens is 402 g/mol. The largest absolute Gasteiger partial charge is 0.370 e. The lowest BCUT2D eigenvalue weighted by atomic mass is 9.94. The summed E-state index contributed by atoms with van der Waals surface area (Å²) in [5.41, 5.74) is 2.64. The maximum atomic E-state index is 13.3. The van der Waals surface area contributed by atoms with Crippen molar-refractivity contribution in [2.75, 3.05) is 31.1 Å². The maximum Gasteiger partial charge on any atom is 0.233 e. The lowest BCUT2D eigenvalue weighted by Crippen LogP contribution is -2.41. The Bertz CT molecular complexity index is 866. The van der Waals surface area contributed by atoms with Crippen LogP contribution in [0.2, 0.25) is 0 Å². The minimum absolute atomic E-state index is 0.284. The van der Waals surface area contributed by atoms with Crippen LogP contribution in [-0.2, 0) is 10.2 Å². The number of hydrogen-bond donors (Lipinski definition) is 0. The second-order valence-corrected chi connectivity index (χ2v) is 8.30. The zero-order valence-electron chi connectivity index (χ0n) is 15.2. The molecule has 0 spiro atoms. The Morgan fingerprint density at radius 3 is 2.30 bits per heavy atom. The summed E-state index contributed by atoms with van der Waals surface area (Å²) < 4.78 is 1.04. The predicted octanol–water partition coefficient (Wildman–Crippen LogP) is 4.09. The van der Waals surface area contributed by atoms with Crippen molar-refractivity contribution in [1.29, 1.82) is 5.26 Å². The smallest absolute Gasteiger partial charge is 0.233 e. The van der Waals surface area contributed by atoms with Crippen molar-refractivity contribution in [3.8, 4) is 6.07 Å². The van der Waals surface area contributed by atoms with Gasteiger partial charge >= 0.3 is 0 Å². The first-order valence-corrected chi connectivity index (χ1v) is 10.2. The Morgan fingerprint density at radius 1 is 0.963 bits per heavy atom. The number of carbonyl (C=O) groups is 1. The zero-order chi connectivity index (χ0) is 18.9. The zero-order valence-corrected chi connectivity index (χ0v) is 16.8. The number of amides is 1. The van der Waals surface area contributed by atoms with E-state index in [1.807, 2.05) is 36.4 Å². The molecule has 27 heavy (non-hydrogen) atoms. The lowest BCUT2D eigenvalue weighted by Gasteiger charge is -2.27. The van der Waals surface area contributed by atoms with Gasteiger partial charge < -0.3 is 9.80 Å². The third-order valence-corrected chi connectivity index (χ3v) is 6.23. The highest BCUT2D eigenvalue weighted by Gasteiger charge is 2.52. The average molecular weight is 424 g/mol. The molecule has 4 rings (SSSR count). The van der Waals surface area contributed by atoms with Crippen LogP contribution in [0.1, 0.15) is 30.4 Å². The third-order valence-electron chi connectivity index (χ3n) is 5.70. The van der Waals surface area contributed by atoms with Crippen LogP contribution in [0.25, 0.3) is 0 Å². The number of anilines is 1. The summed E-state index contributed by atoms with van der Waals surface area (Å²) in [7, 11) is 0. The van der Waals surface area contributed by atoms with Crippen molar-refractivity contribution < 1.29 is 4.79 Å². The van der Waals surface area contributed by atoms with Crippen molar-refractivity contribution >= 4 is 27.5 Å². The summed E-state index contributed by atoms with van der Waals surface area (Å²) in [6.07, 6.45) is 2.86. The van der Waals surface area contributed by atoms with Crippen LogP contribution >= 0.6 is 15.9 Å². The molecule has 1 aliphatic heterocycles. The van der Waals surface area contributed by atoms with Crippen LogP contribution in [-0.4, -0.2) is 37.0 Å². The highest BCUT2D eigenvalue weighted by atomic mass is 79.9. The predicted molar refractivity (Wildman–Crippen MR) is 110 cm³/mol. The molecule has 1 heterocycles. The Kier molecular flexibility index (Phi) is 4.92. The van der Waals surface area contributed by atoms with E-state index in [9.17, 15) is 4.79 Å². The second kappa shape index (κ2) is 7.36. The summed E-state index contributed by atoms with van der Waals surface area (Å²) >= 11 is 3.48. The van der Waals surface area contributed by atoms with E-state index in [-0.39, 0.29) is 11.3 Å². The number of rotatable bonds is 3. The van der Waals surface area contributed by atoms with Crippen molar-refractivity contribution in [1.82, 2.24) is 4.90 Å². The highest BCUT2D eigenvalue weighted by Crippen LogP contribution is 2.49. The van der Waals surface area contributed by atoms with E-state index >= 15 is 0 Å².